The van der Waals surface area contributed by atoms with Crippen LogP contribution >= 0.6 is 11.3 Å². The van der Waals surface area contributed by atoms with Gasteiger partial charge in [0.2, 0.25) is 5.52 Å². The van der Waals surface area contributed by atoms with Crippen LogP contribution < -0.4 is 28.5 Å². The maximum atomic E-state index is 2.38. The molecule has 138 valence electrons. The highest BCUT2D eigenvalue weighted by atomic mass is 127. The zero-order valence-electron chi connectivity index (χ0n) is 15.8. The molecule has 4 heteroatoms. The Balaban J connectivity index is 0.00000210. The van der Waals surface area contributed by atoms with Crippen molar-refractivity contribution >= 4 is 33.7 Å². The van der Waals surface area contributed by atoms with Gasteiger partial charge in [-0.2, -0.15) is 4.57 Å². The number of hydrogen-bond donors (Lipinski definition) is 0. The molecule has 0 N–H and O–H groups in total. The first-order valence-corrected chi connectivity index (χ1v) is 9.84. The third-order valence-corrected chi connectivity index (χ3v) is 5.97. The first-order chi connectivity index (χ1) is 12.7. The molecule has 0 amide bonds. The van der Waals surface area contributed by atoms with Crippen molar-refractivity contribution in [3.05, 3.63) is 82.6 Å². The van der Waals surface area contributed by atoms with Gasteiger partial charge in [-0.1, -0.05) is 41.7 Å². The minimum absolute atomic E-state index is 0. The van der Waals surface area contributed by atoms with Gasteiger partial charge in [0, 0.05) is 29.2 Å². The van der Waals surface area contributed by atoms with E-state index in [0.29, 0.717) is 0 Å². The number of rotatable bonds is 4. The van der Waals surface area contributed by atoms with Crippen LogP contribution in [0, 0.1) is 13.8 Å². The average molecular weight is 486 g/mol. The number of aromatic nitrogens is 2. The molecule has 0 atom stereocenters. The molecule has 0 aliphatic carbocycles. The van der Waals surface area contributed by atoms with Gasteiger partial charge < -0.3 is 28.5 Å². The van der Waals surface area contributed by atoms with Crippen molar-refractivity contribution < 1.29 is 28.5 Å². The van der Waals surface area contributed by atoms with E-state index in [4.69, 9.17) is 0 Å². The summed E-state index contributed by atoms with van der Waals surface area (Å²) in [7, 11) is 0. The molecule has 0 spiro atoms. The maximum Gasteiger partial charge on any atom is 0.262 e. The lowest BCUT2D eigenvalue weighted by Crippen LogP contribution is -3.00. The minimum Gasteiger partial charge on any atom is -1.00 e. The topological polar surface area (TPSA) is 8.81 Å². The van der Waals surface area contributed by atoms with E-state index >= 15 is 0 Å². The molecule has 2 heterocycles. The molecule has 2 aromatic heterocycles. The molecule has 2 nitrogen and oxygen atoms in total. The highest BCUT2D eigenvalue weighted by Crippen LogP contribution is 2.25. The van der Waals surface area contributed by atoms with E-state index in [1.165, 1.54) is 37.9 Å². The predicted octanol–water partition coefficient (Wildman–Crippen LogP) is 2.79. The summed E-state index contributed by atoms with van der Waals surface area (Å²) >= 11 is 1.85. The van der Waals surface area contributed by atoms with Crippen LogP contribution in [0.1, 0.15) is 28.9 Å². The summed E-state index contributed by atoms with van der Waals surface area (Å²) in [4.78, 5) is 0. The predicted molar refractivity (Wildman–Crippen MR) is 112 cm³/mol. The zero-order chi connectivity index (χ0) is 18.1. The van der Waals surface area contributed by atoms with Gasteiger partial charge in [-0.05, 0) is 56.7 Å². The molecule has 4 rings (SSSR count). The maximum absolute atomic E-state index is 2.38. The fraction of sp³-hybridized carbons (Fsp3) is 0.174. The number of benzene rings is 2. The lowest BCUT2D eigenvalue weighted by molar-refractivity contribution is -0.665. The molecular formula is C23H23IN2S. The average Bonchev–Trinajstić information content (AvgIpc) is 3.16. The van der Waals surface area contributed by atoms with Crippen LogP contribution in [0.5, 0.6) is 0 Å². The van der Waals surface area contributed by atoms with Crippen molar-refractivity contribution in [1.29, 1.82) is 0 Å². The van der Waals surface area contributed by atoms with Crippen LogP contribution in [0.3, 0.4) is 0 Å². The third-order valence-electron chi connectivity index (χ3n) is 4.84. The molecule has 2 aromatic carbocycles. The lowest BCUT2D eigenvalue weighted by Gasteiger charge is -2.09. The number of hydrogen-bond acceptors (Lipinski definition) is 1. The Hall–Kier alpha value is -1.92. The van der Waals surface area contributed by atoms with Gasteiger partial charge >= 0.3 is 0 Å². The Morgan fingerprint density at radius 3 is 2.41 bits per heavy atom. The number of aryl methyl sites for hydroxylation is 2. The van der Waals surface area contributed by atoms with Gasteiger partial charge in [0.1, 0.15) is 11.2 Å². The lowest BCUT2D eigenvalue weighted by atomic mass is 10.2. The number of fused-ring (bicyclic) bond motifs is 1. The molecule has 0 fully saturated rings. The molecule has 4 aromatic rings. The number of para-hydroxylation sites is 2. The molecule has 27 heavy (non-hydrogen) atoms. The third kappa shape index (κ3) is 3.73. The van der Waals surface area contributed by atoms with Crippen molar-refractivity contribution in [3.63, 3.8) is 0 Å². The Kier molecular flexibility index (Phi) is 6.17. The summed E-state index contributed by atoms with van der Waals surface area (Å²) in [6.45, 7) is 7.55. The first-order valence-electron chi connectivity index (χ1n) is 9.03. The molecule has 0 aliphatic rings. The van der Waals surface area contributed by atoms with Gasteiger partial charge in [0.15, 0.2) is 0 Å². The van der Waals surface area contributed by atoms with Crippen LogP contribution in [-0.4, -0.2) is 4.57 Å². The molecule has 0 radical (unpaired) electrons. The summed E-state index contributed by atoms with van der Waals surface area (Å²) in [5, 5.41) is 1.29. The van der Waals surface area contributed by atoms with E-state index in [2.05, 4.69) is 103 Å². The van der Waals surface area contributed by atoms with E-state index in [1.54, 1.807) is 0 Å². The van der Waals surface area contributed by atoms with Crippen LogP contribution in [0.4, 0.5) is 0 Å². The van der Waals surface area contributed by atoms with Gasteiger partial charge in [0.05, 0.1) is 0 Å². The molecule has 0 unspecified atom stereocenters. The van der Waals surface area contributed by atoms with Crippen LogP contribution in [-0.2, 0) is 6.54 Å². The Labute approximate surface area is 181 Å². The summed E-state index contributed by atoms with van der Waals surface area (Å²) in [5.41, 5.74) is 6.33. The van der Waals surface area contributed by atoms with Crippen LogP contribution in [0.2, 0.25) is 0 Å². The standard InChI is InChI=1S/C23H23N2S.HI/c1-4-24-21-12-8-9-13-22(21)26-23(24)15-14-19-16-17(2)25(18(19)3)20-10-6-5-7-11-20;/h5-16H,4H2,1-3H3;1H/q+1;/p-1. The van der Waals surface area contributed by atoms with Gasteiger partial charge in [-0.15, -0.1) is 0 Å². The van der Waals surface area contributed by atoms with Crippen molar-refractivity contribution in [3.8, 4) is 5.69 Å². The van der Waals surface area contributed by atoms with E-state index in [-0.39, 0.29) is 24.0 Å². The summed E-state index contributed by atoms with van der Waals surface area (Å²) in [5.74, 6) is 0. The van der Waals surface area contributed by atoms with Crippen LogP contribution in [0.15, 0.2) is 60.7 Å². The van der Waals surface area contributed by atoms with Gasteiger partial charge in [-0.3, -0.25) is 0 Å². The fourth-order valence-electron chi connectivity index (χ4n) is 3.59. The van der Waals surface area contributed by atoms with E-state index in [9.17, 15) is 0 Å². The van der Waals surface area contributed by atoms with E-state index < -0.39 is 0 Å². The molecule has 0 saturated carbocycles. The minimum atomic E-state index is 0. The number of nitrogens with zero attached hydrogens (tertiary/aromatic N) is 2. The second-order valence-corrected chi connectivity index (χ2v) is 7.55. The number of thiazole rings is 1. The molecule has 0 saturated heterocycles. The molecular weight excluding hydrogens is 463 g/mol. The van der Waals surface area contributed by atoms with Crippen molar-refractivity contribution in [2.75, 3.05) is 0 Å². The van der Waals surface area contributed by atoms with Crippen molar-refractivity contribution in [2.24, 2.45) is 0 Å². The second-order valence-electron chi connectivity index (χ2n) is 6.48. The Bertz CT molecular complexity index is 1090. The van der Waals surface area contributed by atoms with E-state index in [1.807, 2.05) is 11.3 Å². The van der Waals surface area contributed by atoms with Crippen LogP contribution in [0.25, 0.3) is 28.1 Å². The SMILES string of the molecule is CC[n+]1c(/C=C/c2cc(C)n(-c3ccccc3)c2C)sc2ccccc21.[I-]. The highest BCUT2D eigenvalue weighted by Gasteiger charge is 2.16. The second kappa shape index (κ2) is 8.40. The number of halogens is 1. The summed E-state index contributed by atoms with van der Waals surface area (Å²) in [6.07, 6.45) is 4.50. The zero-order valence-corrected chi connectivity index (χ0v) is 18.8. The molecule has 0 bridgehead atoms. The fourth-order valence-corrected chi connectivity index (χ4v) is 4.72. The smallest absolute Gasteiger partial charge is 0.262 e. The normalized spacial score (nSPS) is 11.2. The van der Waals surface area contributed by atoms with Gasteiger partial charge in [0.25, 0.3) is 5.01 Å². The quantitative estimate of drug-likeness (QED) is 0.310. The first kappa shape index (κ1) is 19.8. The van der Waals surface area contributed by atoms with E-state index in [0.717, 1.165) is 6.54 Å². The van der Waals surface area contributed by atoms with Crippen molar-refractivity contribution in [1.82, 2.24) is 4.57 Å². The Morgan fingerprint density at radius 2 is 1.67 bits per heavy atom. The van der Waals surface area contributed by atoms with Gasteiger partial charge in [-0.25, -0.2) is 0 Å². The monoisotopic (exact) mass is 486 g/mol. The summed E-state index contributed by atoms with van der Waals surface area (Å²) in [6, 6.07) is 21.4. The summed E-state index contributed by atoms with van der Waals surface area (Å²) < 4.78 is 6.04. The van der Waals surface area contributed by atoms with Crippen molar-refractivity contribution in [2.45, 2.75) is 27.3 Å². The highest BCUT2D eigenvalue weighted by molar-refractivity contribution is 7.18. The molecule has 0 aliphatic heterocycles. The Morgan fingerprint density at radius 1 is 0.963 bits per heavy atom. The largest absolute Gasteiger partial charge is 1.00 e.